The number of nitrogens with zero attached hydrogens (tertiary/aromatic N) is 7. The lowest BCUT2D eigenvalue weighted by Crippen LogP contribution is -2.38. The Morgan fingerprint density at radius 2 is 1.52 bits per heavy atom. The summed E-state index contributed by atoms with van der Waals surface area (Å²) >= 11 is 0. The minimum absolute atomic E-state index is 0.645. The first kappa shape index (κ1) is 19.8. The van der Waals surface area contributed by atoms with Crippen LogP contribution in [0.15, 0.2) is 18.2 Å². The van der Waals surface area contributed by atoms with Crippen molar-refractivity contribution in [1.29, 1.82) is 0 Å². The SMILES string of the molecule is CCN(C)c1cccc(-c2nc(N3CCCCCC3)nc(N3CCOCC3)n2)n1. The Balaban J connectivity index is 1.72. The summed E-state index contributed by atoms with van der Waals surface area (Å²) in [6.45, 7) is 8.02. The summed E-state index contributed by atoms with van der Waals surface area (Å²) < 4.78 is 5.51. The average Bonchev–Trinajstić information content (AvgIpc) is 3.08. The molecule has 2 fully saturated rings. The highest BCUT2D eigenvalue weighted by Gasteiger charge is 2.21. The third-order valence-electron chi connectivity index (χ3n) is 5.62. The highest BCUT2D eigenvalue weighted by molar-refractivity contribution is 5.57. The minimum Gasteiger partial charge on any atom is -0.378 e. The Morgan fingerprint density at radius 3 is 2.17 bits per heavy atom. The van der Waals surface area contributed by atoms with Crippen LogP contribution in [-0.2, 0) is 4.74 Å². The van der Waals surface area contributed by atoms with E-state index < -0.39 is 0 Å². The molecule has 0 spiro atoms. The molecule has 2 aliphatic rings. The van der Waals surface area contributed by atoms with Crippen molar-refractivity contribution < 1.29 is 4.74 Å². The monoisotopic (exact) mass is 397 g/mol. The van der Waals surface area contributed by atoms with Gasteiger partial charge in [0, 0.05) is 39.8 Å². The van der Waals surface area contributed by atoms with Crippen molar-refractivity contribution in [1.82, 2.24) is 19.9 Å². The van der Waals surface area contributed by atoms with Crippen molar-refractivity contribution in [3.8, 4) is 11.5 Å². The Morgan fingerprint density at radius 1 is 0.862 bits per heavy atom. The lowest BCUT2D eigenvalue weighted by Gasteiger charge is -2.28. The summed E-state index contributed by atoms with van der Waals surface area (Å²) in [6, 6.07) is 6.03. The first-order valence-electron chi connectivity index (χ1n) is 10.8. The molecule has 4 rings (SSSR count). The predicted molar refractivity (Wildman–Crippen MR) is 116 cm³/mol. The fourth-order valence-electron chi connectivity index (χ4n) is 3.71. The van der Waals surface area contributed by atoms with E-state index in [4.69, 9.17) is 24.7 Å². The third kappa shape index (κ3) is 4.75. The topological polar surface area (TPSA) is 70.5 Å². The molecule has 29 heavy (non-hydrogen) atoms. The lowest BCUT2D eigenvalue weighted by atomic mass is 10.2. The Kier molecular flexibility index (Phi) is 6.39. The molecule has 8 heteroatoms. The van der Waals surface area contributed by atoms with Crippen molar-refractivity contribution in [3.05, 3.63) is 18.2 Å². The van der Waals surface area contributed by atoms with Gasteiger partial charge in [-0.25, -0.2) is 4.98 Å². The summed E-state index contributed by atoms with van der Waals surface area (Å²) in [5, 5.41) is 0. The Bertz CT molecular complexity index is 801. The van der Waals surface area contributed by atoms with E-state index in [1.807, 2.05) is 25.2 Å². The number of pyridine rings is 1. The van der Waals surface area contributed by atoms with Crippen molar-refractivity contribution in [2.24, 2.45) is 0 Å². The number of morpholine rings is 1. The van der Waals surface area contributed by atoms with Crippen LogP contribution in [0.4, 0.5) is 17.7 Å². The summed E-state index contributed by atoms with van der Waals surface area (Å²) in [5.41, 5.74) is 0.788. The molecular formula is C21H31N7O. The normalized spacial score (nSPS) is 17.9. The van der Waals surface area contributed by atoms with Crippen molar-refractivity contribution in [3.63, 3.8) is 0 Å². The fourth-order valence-corrected chi connectivity index (χ4v) is 3.71. The number of hydrogen-bond acceptors (Lipinski definition) is 8. The molecule has 0 aromatic carbocycles. The van der Waals surface area contributed by atoms with Gasteiger partial charge in [0.1, 0.15) is 11.5 Å². The maximum atomic E-state index is 5.51. The Hall–Kier alpha value is -2.48. The Labute approximate surface area is 172 Å². The fraction of sp³-hybridized carbons (Fsp3) is 0.619. The second-order valence-corrected chi connectivity index (χ2v) is 7.65. The van der Waals surface area contributed by atoms with Crippen LogP contribution < -0.4 is 14.7 Å². The van der Waals surface area contributed by atoms with Crippen LogP contribution >= 0.6 is 0 Å². The van der Waals surface area contributed by atoms with Gasteiger partial charge in [0.05, 0.1) is 13.2 Å². The van der Waals surface area contributed by atoms with Gasteiger partial charge in [-0.05, 0) is 31.9 Å². The zero-order valence-electron chi connectivity index (χ0n) is 17.5. The molecule has 2 aromatic heterocycles. The second kappa shape index (κ2) is 9.35. The summed E-state index contributed by atoms with van der Waals surface area (Å²) in [5.74, 6) is 3.07. The van der Waals surface area contributed by atoms with Gasteiger partial charge in [0.15, 0.2) is 5.82 Å². The van der Waals surface area contributed by atoms with Crippen LogP contribution in [0, 0.1) is 0 Å². The van der Waals surface area contributed by atoms with E-state index in [2.05, 4.69) is 21.6 Å². The molecular weight excluding hydrogens is 366 g/mol. The van der Waals surface area contributed by atoms with Crippen molar-refractivity contribution >= 4 is 17.7 Å². The molecule has 0 saturated carbocycles. The van der Waals surface area contributed by atoms with E-state index in [1.165, 1.54) is 25.7 Å². The molecule has 0 bridgehead atoms. The third-order valence-corrected chi connectivity index (χ3v) is 5.62. The number of aromatic nitrogens is 4. The van der Waals surface area contributed by atoms with Gasteiger partial charge in [0.2, 0.25) is 11.9 Å². The van der Waals surface area contributed by atoms with E-state index in [0.29, 0.717) is 19.0 Å². The molecule has 0 unspecified atom stereocenters. The quantitative estimate of drug-likeness (QED) is 0.763. The maximum absolute atomic E-state index is 5.51. The molecule has 4 heterocycles. The van der Waals surface area contributed by atoms with Gasteiger partial charge in [-0.2, -0.15) is 15.0 Å². The largest absolute Gasteiger partial charge is 0.378 e. The van der Waals surface area contributed by atoms with Crippen LogP contribution in [0.3, 0.4) is 0 Å². The van der Waals surface area contributed by atoms with E-state index in [9.17, 15) is 0 Å². The molecule has 0 aliphatic carbocycles. The van der Waals surface area contributed by atoms with Gasteiger partial charge in [0.25, 0.3) is 0 Å². The van der Waals surface area contributed by atoms with Gasteiger partial charge in [-0.3, -0.25) is 0 Å². The van der Waals surface area contributed by atoms with Crippen LogP contribution in [0.5, 0.6) is 0 Å². The van der Waals surface area contributed by atoms with E-state index >= 15 is 0 Å². The number of anilines is 3. The van der Waals surface area contributed by atoms with E-state index in [-0.39, 0.29) is 0 Å². The van der Waals surface area contributed by atoms with E-state index in [1.54, 1.807) is 0 Å². The highest BCUT2D eigenvalue weighted by atomic mass is 16.5. The smallest absolute Gasteiger partial charge is 0.230 e. The van der Waals surface area contributed by atoms with Gasteiger partial charge in [-0.1, -0.05) is 18.9 Å². The standard InChI is InChI=1S/C21H31N7O/c1-3-26(2)18-10-8-9-17(22-18)19-23-20(27-11-6-4-5-7-12-27)25-21(24-19)28-13-15-29-16-14-28/h8-10H,3-7,11-16H2,1-2H3. The number of ether oxygens (including phenoxy) is 1. The first-order valence-corrected chi connectivity index (χ1v) is 10.8. The second-order valence-electron chi connectivity index (χ2n) is 7.65. The van der Waals surface area contributed by atoms with Crippen LogP contribution in [0.2, 0.25) is 0 Å². The molecule has 0 radical (unpaired) electrons. The van der Waals surface area contributed by atoms with Crippen LogP contribution in [0.25, 0.3) is 11.5 Å². The van der Waals surface area contributed by atoms with Gasteiger partial charge >= 0.3 is 0 Å². The summed E-state index contributed by atoms with van der Waals surface area (Å²) in [7, 11) is 2.04. The van der Waals surface area contributed by atoms with Crippen LogP contribution in [-0.4, -0.2) is 72.9 Å². The van der Waals surface area contributed by atoms with Crippen molar-refractivity contribution in [2.45, 2.75) is 32.6 Å². The summed E-state index contributed by atoms with van der Waals surface area (Å²) in [4.78, 5) is 26.0. The molecule has 0 N–H and O–H groups in total. The summed E-state index contributed by atoms with van der Waals surface area (Å²) in [6.07, 6.45) is 4.92. The highest BCUT2D eigenvalue weighted by Crippen LogP contribution is 2.24. The maximum Gasteiger partial charge on any atom is 0.230 e. The van der Waals surface area contributed by atoms with Crippen molar-refractivity contribution in [2.75, 3.05) is 67.7 Å². The number of hydrogen-bond donors (Lipinski definition) is 0. The molecule has 156 valence electrons. The lowest BCUT2D eigenvalue weighted by molar-refractivity contribution is 0.122. The molecule has 0 amide bonds. The molecule has 2 aromatic rings. The zero-order chi connectivity index (χ0) is 20.1. The molecule has 0 atom stereocenters. The first-order chi connectivity index (χ1) is 14.2. The predicted octanol–water partition coefficient (Wildman–Crippen LogP) is 2.61. The minimum atomic E-state index is 0.645. The number of rotatable bonds is 5. The molecule has 2 saturated heterocycles. The van der Waals surface area contributed by atoms with Gasteiger partial charge in [-0.15, -0.1) is 0 Å². The molecule has 8 nitrogen and oxygen atoms in total. The molecule has 2 aliphatic heterocycles. The zero-order valence-corrected chi connectivity index (χ0v) is 17.5. The van der Waals surface area contributed by atoms with E-state index in [0.717, 1.165) is 56.1 Å². The average molecular weight is 398 g/mol. The van der Waals surface area contributed by atoms with Crippen LogP contribution in [0.1, 0.15) is 32.6 Å². The van der Waals surface area contributed by atoms with Gasteiger partial charge < -0.3 is 19.4 Å².